The van der Waals surface area contributed by atoms with Crippen LogP contribution in [0, 0.1) is 11.3 Å². The second-order valence-electron chi connectivity index (χ2n) is 6.33. The molecule has 2 aliphatic carbocycles. The van der Waals surface area contributed by atoms with Gasteiger partial charge in [-0.3, -0.25) is 4.79 Å². The molecule has 2 rings (SSSR count). The van der Waals surface area contributed by atoms with Crippen molar-refractivity contribution >= 4 is 5.97 Å². The summed E-state index contributed by atoms with van der Waals surface area (Å²) in [6.07, 6.45) is 5.49. The van der Waals surface area contributed by atoms with E-state index in [-0.39, 0.29) is 11.6 Å². The third-order valence-corrected chi connectivity index (χ3v) is 3.50. The molecule has 0 heterocycles. The smallest absolute Gasteiger partial charge is 0.320 e. The highest BCUT2D eigenvalue weighted by Crippen LogP contribution is 2.60. The van der Waals surface area contributed by atoms with Crippen LogP contribution in [0.15, 0.2) is 0 Å². The van der Waals surface area contributed by atoms with E-state index in [4.69, 9.17) is 4.74 Å². The van der Waals surface area contributed by atoms with Gasteiger partial charge in [-0.05, 0) is 57.8 Å². The molecule has 0 bridgehead atoms. The number of esters is 1. The molecule has 2 fully saturated rings. The molecule has 0 aliphatic heterocycles. The predicted molar refractivity (Wildman–Crippen MR) is 63.1 cm³/mol. The Morgan fingerprint density at radius 2 is 2.00 bits per heavy atom. The van der Waals surface area contributed by atoms with Crippen LogP contribution in [0.25, 0.3) is 0 Å². The number of hydrogen-bond acceptors (Lipinski definition) is 3. The normalized spacial score (nSPS) is 22.9. The van der Waals surface area contributed by atoms with E-state index in [9.17, 15) is 4.79 Å². The van der Waals surface area contributed by atoms with Gasteiger partial charge in [0.05, 0.1) is 6.54 Å². The van der Waals surface area contributed by atoms with Crippen LogP contribution in [0.2, 0.25) is 0 Å². The molecule has 2 saturated carbocycles. The van der Waals surface area contributed by atoms with E-state index < -0.39 is 0 Å². The zero-order valence-electron chi connectivity index (χ0n) is 10.6. The fourth-order valence-corrected chi connectivity index (χ4v) is 2.38. The number of nitrogens with one attached hydrogen (secondary N) is 1. The van der Waals surface area contributed by atoms with Crippen molar-refractivity contribution in [2.24, 2.45) is 11.3 Å². The molecule has 0 unspecified atom stereocenters. The average Bonchev–Trinajstić information content (AvgIpc) is 2.96. The lowest BCUT2D eigenvalue weighted by Gasteiger charge is -2.20. The minimum atomic E-state index is -0.369. The van der Waals surface area contributed by atoms with Crippen molar-refractivity contribution in [1.82, 2.24) is 5.32 Å². The van der Waals surface area contributed by atoms with Crippen molar-refractivity contribution in [1.29, 1.82) is 0 Å². The predicted octanol–water partition coefficient (Wildman–Crippen LogP) is 2.11. The molecule has 0 aromatic carbocycles. The maximum Gasteiger partial charge on any atom is 0.320 e. The van der Waals surface area contributed by atoms with Crippen LogP contribution in [0.1, 0.15) is 46.5 Å². The molecule has 0 aromatic heterocycles. The second kappa shape index (κ2) is 4.02. The standard InChI is InChI=1S/C13H23NO2/c1-12(2,3)16-11(15)8-14-9-13(6-7-13)10-4-5-10/h10,14H,4-9H2,1-3H3. The molecular formula is C13H23NO2. The molecule has 0 amide bonds. The summed E-state index contributed by atoms with van der Waals surface area (Å²) in [7, 11) is 0. The lowest BCUT2D eigenvalue weighted by atomic mass is 10.0. The molecule has 92 valence electrons. The molecule has 0 atom stereocenters. The third-order valence-electron chi connectivity index (χ3n) is 3.50. The molecule has 1 N–H and O–H groups in total. The number of carbonyl (C=O) groups is 1. The van der Waals surface area contributed by atoms with E-state index in [1.165, 1.54) is 25.7 Å². The summed E-state index contributed by atoms with van der Waals surface area (Å²) in [5.41, 5.74) is 0.189. The van der Waals surface area contributed by atoms with Gasteiger partial charge in [-0.1, -0.05) is 0 Å². The fourth-order valence-electron chi connectivity index (χ4n) is 2.38. The van der Waals surface area contributed by atoms with Crippen molar-refractivity contribution in [3.05, 3.63) is 0 Å². The molecule has 3 nitrogen and oxygen atoms in total. The van der Waals surface area contributed by atoms with Crippen molar-refractivity contribution in [3.63, 3.8) is 0 Å². The highest BCUT2D eigenvalue weighted by molar-refractivity contribution is 5.72. The Morgan fingerprint density at radius 1 is 1.38 bits per heavy atom. The van der Waals surface area contributed by atoms with Gasteiger partial charge in [0.15, 0.2) is 0 Å². The monoisotopic (exact) mass is 225 g/mol. The highest BCUT2D eigenvalue weighted by atomic mass is 16.6. The minimum absolute atomic E-state index is 0.140. The Kier molecular flexibility index (Phi) is 2.99. The minimum Gasteiger partial charge on any atom is -0.459 e. The Bertz CT molecular complexity index is 272. The fraction of sp³-hybridized carbons (Fsp3) is 0.923. The van der Waals surface area contributed by atoms with Gasteiger partial charge in [0, 0.05) is 6.54 Å². The van der Waals surface area contributed by atoms with Gasteiger partial charge in [-0.15, -0.1) is 0 Å². The van der Waals surface area contributed by atoms with Crippen LogP contribution < -0.4 is 5.32 Å². The summed E-state index contributed by atoms with van der Waals surface area (Å²) in [6.45, 7) is 7.05. The van der Waals surface area contributed by atoms with Crippen LogP contribution in [-0.2, 0) is 9.53 Å². The molecule has 16 heavy (non-hydrogen) atoms. The van der Waals surface area contributed by atoms with Gasteiger partial charge in [-0.2, -0.15) is 0 Å². The van der Waals surface area contributed by atoms with E-state index in [1.807, 2.05) is 20.8 Å². The number of ether oxygens (including phenoxy) is 1. The van der Waals surface area contributed by atoms with Gasteiger partial charge < -0.3 is 10.1 Å². The lowest BCUT2D eigenvalue weighted by Crippen LogP contribution is -2.34. The SMILES string of the molecule is CC(C)(C)OC(=O)CNCC1(C2CC2)CC1. The first-order chi connectivity index (χ1) is 7.41. The van der Waals surface area contributed by atoms with Crippen molar-refractivity contribution < 1.29 is 9.53 Å². The first-order valence-corrected chi connectivity index (χ1v) is 6.34. The van der Waals surface area contributed by atoms with Gasteiger partial charge in [0.2, 0.25) is 0 Å². The van der Waals surface area contributed by atoms with Crippen molar-refractivity contribution in [2.45, 2.75) is 52.1 Å². The van der Waals surface area contributed by atoms with Crippen molar-refractivity contribution in [2.75, 3.05) is 13.1 Å². The van der Waals surface area contributed by atoms with E-state index in [2.05, 4.69) is 5.32 Å². The molecule has 2 aliphatic rings. The Labute approximate surface area is 97.9 Å². The number of hydrogen-bond donors (Lipinski definition) is 1. The molecule has 3 heteroatoms. The summed E-state index contributed by atoms with van der Waals surface area (Å²) in [5, 5.41) is 3.26. The molecule has 0 aromatic rings. The summed E-state index contributed by atoms with van der Waals surface area (Å²) >= 11 is 0. The van der Waals surface area contributed by atoms with Gasteiger partial charge in [0.25, 0.3) is 0 Å². The van der Waals surface area contributed by atoms with Crippen LogP contribution in [0.5, 0.6) is 0 Å². The van der Waals surface area contributed by atoms with E-state index in [1.54, 1.807) is 0 Å². The quantitative estimate of drug-likeness (QED) is 0.728. The first kappa shape index (κ1) is 11.9. The van der Waals surface area contributed by atoms with Crippen LogP contribution in [0.4, 0.5) is 0 Å². The summed E-state index contributed by atoms with van der Waals surface area (Å²) in [4.78, 5) is 11.5. The summed E-state index contributed by atoms with van der Waals surface area (Å²) < 4.78 is 5.25. The van der Waals surface area contributed by atoms with Gasteiger partial charge in [-0.25, -0.2) is 0 Å². The van der Waals surface area contributed by atoms with Crippen LogP contribution in [0.3, 0.4) is 0 Å². The summed E-state index contributed by atoms with van der Waals surface area (Å²) in [5.74, 6) is 0.803. The number of carbonyl (C=O) groups excluding carboxylic acids is 1. The Balaban J connectivity index is 1.63. The topological polar surface area (TPSA) is 38.3 Å². The average molecular weight is 225 g/mol. The van der Waals surface area contributed by atoms with Gasteiger partial charge >= 0.3 is 5.97 Å². The molecular weight excluding hydrogens is 202 g/mol. The van der Waals surface area contributed by atoms with Crippen LogP contribution >= 0.6 is 0 Å². The highest BCUT2D eigenvalue weighted by Gasteiger charge is 2.53. The maximum atomic E-state index is 11.5. The Morgan fingerprint density at radius 3 is 2.44 bits per heavy atom. The Hall–Kier alpha value is -0.570. The van der Waals surface area contributed by atoms with E-state index in [0.29, 0.717) is 12.0 Å². The molecule has 0 spiro atoms. The zero-order chi connectivity index (χ0) is 11.8. The van der Waals surface area contributed by atoms with E-state index >= 15 is 0 Å². The first-order valence-electron chi connectivity index (χ1n) is 6.34. The van der Waals surface area contributed by atoms with Crippen molar-refractivity contribution in [3.8, 4) is 0 Å². The van der Waals surface area contributed by atoms with Crippen LogP contribution in [-0.4, -0.2) is 24.7 Å². The molecule has 0 radical (unpaired) electrons. The largest absolute Gasteiger partial charge is 0.459 e. The second-order valence-corrected chi connectivity index (χ2v) is 6.33. The molecule has 0 saturated heterocycles. The lowest BCUT2D eigenvalue weighted by molar-refractivity contribution is -0.153. The third kappa shape index (κ3) is 3.21. The van der Waals surface area contributed by atoms with Gasteiger partial charge in [0.1, 0.15) is 5.60 Å². The zero-order valence-corrected chi connectivity index (χ0v) is 10.6. The van der Waals surface area contributed by atoms with E-state index in [0.717, 1.165) is 12.5 Å². The number of rotatable bonds is 5. The maximum absolute atomic E-state index is 11.5. The summed E-state index contributed by atoms with van der Waals surface area (Å²) in [6, 6.07) is 0.